The zero-order chi connectivity index (χ0) is 16.2. The molecule has 0 aliphatic carbocycles. The molecule has 4 heteroatoms. The number of benzene rings is 2. The van der Waals surface area contributed by atoms with Gasteiger partial charge in [-0.1, -0.05) is 42.5 Å². The first-order valence-electron chi connectivity index (χ1n) is 7.86. The number of aliphatic carboxylic acids is 1. The van der Waals surface area contributed by atoms with Gasteiger partial charge in [-0.25, -0.2) is 0 Å². The van der Waals surface area contributed by atoms with Crippen LogP contribution in [0.15, 0.2) is 54.6 Å². The Kier molecular flexibility index (Phi) is 4.63. The molecule has 0 saturated carbocycles. The van der Waals surface area contributed by atoms with Crippen molar-refractivity contribution < 1.29 is 14.6 Å². The van der Waals surface area contributed by atoms with Gasteiger partial charge >= 0.3 is 5.97 Å². The number of hydrogen-bond acceptors (Lipinski definition) is 3. The van der Waals surface area contributed by atoms with Crippen LogP contribution in [0.1, 0.15) is 30.0 Å². The molecule has 0 spiro atoms. The van der Waals surface area contributed by atoms with Crippen molar-refractivity contribution >= 4 is 5.97 Å². The maximum absolute atomic E-state index is 11.2. The van der Waals surface area contributed by atoms with Crippen LogP contribution in [0.3, 0.4) is 0 Å². The fourth-order valence-electron chi connectivity index (χ4n) is 3.17. The monoisotopic (exact) mass is 311 g/mol. The van der Waals surface area contributed by atoms with Crippen LogP contribution in [-0.2, 0) is 11.4 Å². The second-order valence-electron chi connectivity index (χ2n) is 5.96. The van der Waals surface area contributed by atoms with Crippen LogP contribution in [-0.4, -0.2) is 29.1 Å². The Bertz CT molecular complexity index is 654. The standard InChI is InChI=1S/C19H21NO3/c1-20-17(11-12-18(20)19(21)22)15-7-9-16(10-8-15)23-13-14-5-3-2-4-6-14/h2-10,17-18H,11-13H2,1H3,(H,21,22)/t17-,18-/m0/s1. The number of rotatable bonds is 5. The smallest absolute Gasteiger partial charge is 0.320 e. The highest BCUT2D eigenvalue weighted by Gasteiger charge is 2.35. The van der Waals surface area contributed by atoms with Crippen LogP contribution in [0.2, 0.25) is 0 Å². The maximum Gasteiger partial charge on any atom is 0.320 e. The molecular weight excluding hydrogens is 290 g/mol. The Morgan fingerprint density at radius 1 is 1.13 bits per heavy atom. The number of carboxylic acid groups (broad SMARTS) is 1. The molecule has 2 aromatic rings. The van der Waals surface area contributed by atoms with E-state index < -0.39 is 5.97 Å². The van der Waals surface area contributed by atoms with Crippen LogP contribution >= 0.6 is 0 Å². The minimum Gasteiger partial charge on any atom is -0.489 e. The van der Waals surface area contributed by atoms with Gasteiger partial charge in [0.15, 0.2) is 0 Å². The van der Waals surface area contributed by atoms with Gasteiger partial charge in [0.1, 0.15) is 18.4 Å². The number of carboxylic acids is 1. The van der Waals surface area contributed by atoms with Gasteiger partial charge in [0.25, 0.3) is 0 Å². The van der Waals surface area contributed by atoms with Crippen molar-refractivity contribution in [2.24, 2.45) is 0 Å². The summed E-state index contributed by atoms with van der Waals surface area (Å²) < 4.78 is 5.79. The molecule has 1 N–H and O–H groups in total. The lowest BCUT2D eigenvalue weighted by molar-refractivity contribution is -0.142. The van der Waals surface area contributed by atoms with E-state index in [9.17, 15) is 9.90 Å². The number of likely N-dealkylation sites (N-methyl/N-ethyl adjacent to an activating group) is 1. The minimum atomic E-state index is -0.738. The first-order chi connectivity index (χ1) is 11.1. The zero-order valence-electron chi connectivity index (χ0n) is 13.2. The summed E-state index contributed by atoms with van der Waals surface area (Å²) in [5.74, 6) is 0.0888. The van der Waals surface area contributed by atoms with Crippen molar-refractivity contribution in [2.45, 2.75) is 31.5 Å². The summed E-state index contributed by atoms with van der Waals surface area (Å²) in [5.41, 5.74) is 2.28. The van der Waals surface area contributed by atoms with Gasteiger partial charge < -0.3 is 9.84 Å². The molecule has 1 fully saturated rings. The van der Waals surface area contributed by atoms with Gasteiger partial charge in [-0.3, -0.25) is 9.69 Å². The second kappa shape index (κ2) is 6.84. The van der Waals surface area contributed by atoms with Gasteiger partial charge in [-0.2, -0.15) is 0 Å². The van der Waals surface area contributed by atoms with E-state index in [0.717, 1.165) is 23.3 Å². The van der Waals surface area contributed by atoms with E-state index in [0.29, 0.717) is 13.0 Å². The molecule has 1 saturated heterocycles. The highest BCUT2D eigenvalue weighted by molar-refractivity contribution is 5.74. The van der Waals surface area contributed by atoms with Crippen molar-refractivity contribution in [2.75, 3.05) is 7.05 Å². The number of ether oxygens (including phenoxy) is 1. The van der Waals surface area contributed by atoms with Crippen molar-refractivity contribution in [3.05, 3.63) is 65.7 Å². The molecule has 120 valence electrons. The van der Waals surface area contributed by atoms with E-state index in [1.54, 1.807) is 0 Å². The zero-order valence-corrected chi connectivity index (χ0v) is 13.2. The number of carbonyl (C=O) groups is 1. The summed E-state index contributed by atoms with van der Waals surface area (Å²) in [4.78, 5) is 13.1. The Morgan fingerprint density at radius 2 is 1.83 bits per heavy atom. The summed E-state index contributed by atoms with van der Waals surface area (Å²) in [6.07, 6.45) is 1.57. The summed E-state index contributed by atoms with van der Waals surface area (Å²) in [6.45, 7) is 0.546. The lowest BCUT2D eigenvalue weighted by Gasteiger charge is -2.23. The normalized spacial score (nSPS) is 21.3. The van der Waals surface area contributed by atoms with Gasteiger partial charge in [-0.15, -0.1) is 0 Å². The first-order valence-corrected chi connectivity index (χ1v) is 7.86. The number of hydrogen-bond donors (Lipinski definition) is 1. The lowest BCUT2D eigenvalue weighted by Crippen LogP contribution is -2.34. The molecule has 0 bridgehead atoms. The minimum absolute atomic E-state index is 0.166. The van der Waals surface area contributed by atoms with Crippen molar-refractivity contribution in [3.8, 4) is 5.75 Å². The number of likely N-dealkylation sites (tertiary alicyclic amines) is 1. The van der Waals surface area contributed by atoms with E-state index in [1.165, 1.54) is 0 Å². The van der Waals surface area contributed by atoms with Gasteiger partial charge in [-0.05, 0) is 43.1 Å². The van der Waals surface area contributed by atoms with Crippen LogP contribution in [0.5, 0.6) is 5.75 Å². The summed E-state index contributed by atoms with van der Waals surface area (Å²) >= 11 is 0. The lowest BCUT2D eigenvalue weighted by atomic mass is 10.0. The van der Waals surface area contributed by atoms with E-state index in [4.69, 9.17) is 4.74 Å². The largest absolute Gasteiger partial charge is 0.489 e. The summed E-state index contributed by atoms with van der Waals surface area (Å²) in [6, 6.07) is 17.8. The predicted molar refractivity (Wildman–Crippen MR) is 88.4 cm³/mol. The Hall–Kier alpha value is -2.33. The van der Waals surface area contributed by atoms with Crippen LogP contribution in [0, 0.1) is 0 Å². The molecule has 0 unspecified atom stereocenters. The molecule has 2 aromatic carbocycles. The second-order valence-corrected chi connectivity index (χ2v) is 5.96. The third kappa shape index (κ3) is 3.54. The molecule has 0 aromatic heterocycles. The average Bonchev–Trinajstić information content (AvgIpc) is 2.96. The first kappa shape index (κ1) is 15.6. The molecule has 0 radical (unpaired) electrons. The third-order valence-electron chi connectivity index (χ3n) is 4.50. The predicted octanol–water partition coefficient (Wildman–Crippen LogP) is 3.49. The molecule has 1 aliphatic heterocycles. The highest BCUT2D eigenvalue weighted by Crippen LogP contribution is 2.35. The maximum atomic E-state index is 11.2. The van der Waals surface area contributed by atoms with E-state index in [1.807, 2.05) is 66.5 Å². The molecule has 2 atom stereocenters. The molecule has 3 rings (SSSR count). The topological polar surface area (TPSA) is 49.8 Å². The van der Waals surface area contributed by atoms with Crippen LogP contribution < -0.4 is 4.74 Å². The Balaban J connectivity index is 1.62. The Morgan fingerprint density at radius 3 is 2.43 bits per heavy atom. The summed E-state index contributed by atoms with van der Waals surface area (Å²) in [7, 11) is 1.89. The quantitative estimate of drug-likeness (QED) is 0.918. The summed E-state index contributed by atoms with van der Waals surface area (Å²) in [5, 5.41) is 9.21. The van der Waals surface area contributed by atoms with Crippen molar-refractivity contribution in [1.29, 1.82) is 0 Å². The molecule has 4 nitrogen and oxygen atoms in total. The van der Waals surface area contributed by atoms with Crippen LogP contribution in [0.4, 0.5) is 0 Å². The molecule has 1 aliphatic rings. The van der Waals surface area contributed by atoms with Gasteiger partial charge in [0.2, 0.25) is 0 Å². The third-order valence-corrected chi connectivity index (χ3v) is 4.50. The highest BCUT2D eigenvalue weighted by atomic mass is 16.5. The van der Waals surface area contributed by atoms with E-state index in [2.05, 4.69) is 0 Å². The Labute approximate surface area is 136 Å². The fraction of sp³-hybridized carbons (Fsp3) is 0.316. The average molecular weight is 311 g/mol. The van der Waals surface area contributed by atoms with E-state index in [-0.39, 0.29) is 12.1 Å². The number of nitrogens with zero attached hydrogens (tertiary/aromatic N) is 1. The fourth-order valence-corrected chi connectivity index (χ4v) is 3.17. The molecule has 0 amide bonds. The molecular formula is C19H21NO3. The SMILES string of the molecule is CN1[C@H](C(=O)O)CC[C@H]1c1ccc(OCc2ccccc2)cc1. The van der Waals surface area contributed by atoms with Crippen molar-refractivity contribution in [1.82, 2.24) is 4.90 Å². The van der Waals surface area contributed by atoms with Gasteiger partial charge in [0.05, 0.1) is 0 Å². The molecule has 1 heterocycles. The molecule has 23 heavy (non-hydrogen) atoms. The van der Waals surface area contributed by atoms with Crippen molar-refractivity contribution in [3.63, 3.8) is 0 Å². The van der Waals surface area contributed by atoms with E-state index >= 15 is 0 Å². The van der Waals surface area contributed by atoms with Gasteiger partial charge in [0, 0.05) is 6.04 Å². The van der Waals surface area contributed by atoms with Crippen LogP contribution in [0.25, 0.3) is 0 Å².